The molecule has 0 amide bonds. The molecule has 2 aromatic heterocycles. The highest BCUT2D eigenvalue weighted by atomic mass is 32.1. The van der Waals surface area contributed by atoms with E-state index in [1.165, 1.54) is 28.3 Å². The van der Waals surface area contributed by atoms with E-state index in [1.807, 2.05) is 37.4 Å². The topological polar surface area (TPSA) is 53.4 Å². The molecular weight excluding hydrogens is 403 g/mol. The normalized spacial score (nSPS) is 11.0. The molecule has 0 aliphatic heterocycles. The summed E-state index contributed by atoms with van der Waals surface area (Å²) >= 11 is 1.34. The Kier molecular flexibility index (Phi) is 5.81. The Morgan fingerprint density at radius 1 is 1.07 bits per heavy atom. The summed E-state index contributed by atoms with van der Waals surface area (Å²) in [4.78, 5) is 17.5. The predicted molar refractivity (Wildman–Crippen MR) is 117 cm³/mol. The molecule has 0 saturated carbocycles. The lowest BCUT2D eigenvalue weighted by Gasteiger charge is -2.12. The number of aromatic nitrogens is 2. The second-order valence-corrected chi connectivity index (χ2v) is 7.50. The van der Waals surface area contributed by atoms with Crippen molar-refractivity contribution in [2.24, 2.45) is 0 Å². The number of hydrogen-bond acceptors (Lipinski definition) is 5. The SMILES string of the molecule is CCOc1ccc(-c2csc3c(=O)n(Cc4ccccc4F)cnc23)cc1OCC. The van der Waals surface area contributed by atoms with Crippen molar-refractivity contribution in [3.63, 3.8) is 0 Å². The van der Waals surface area contributed by atoms with E-state index in [0.717, 1.165) is 11.1 Å². The fraction of sp³-hybridized carbons (Fsp3) is 0.217. The molecule has 0 N–H and O–H groups in total. The van der Waals surface area contributed by atoms with Gasteiger partial charge in [0.1, 0.15) is 10.5 Å². The van der Waals surface area contributed by atoms with Gasteiger partial charge in [-0.25, -0.2) is 9.37 Å². The summed E-state index contributed by atoms with van der Waals surface area (Å²) in [6.07, 6.45) is 1.48. The highest BCUT2D eigenvalue weighted by Crippen LogP contribution is 2.36. The molecule has 0 saturated heterocycles. The van der Waals surface area contributed by atoms with E-state index in [9.17, 15) is 9.18 Å². The van der Waals surface area contributed by atoms with E-state index in [1.54, 1.807) is 18.2 Å². The van der Waals surface area contributed by atoms with Gasteiger partial charge in [0.15, 0.2) is 11.5 Å². The third-order valence-corrected chi connectivity index (χ3v) is 5.66. The van der Waals surface area contributed by atoms with Gasteiger partial charge < -0.3 is 9.47 Å². The molecule has 5 nitrogen and oxygen atoms in total. The van der Waals surface area contributed by atoms with Gasteiger partial charge in [0.05, 0.1) is 31.6 Å². The van der Waals surface area contributed by atoms with Crippen molar-refractivity contribution in [3.05, 3.63) is 75.9 Å². The first-order chi connectivity index (χ1) is 14.6. The van der Waals surface area contributed by atoms with Gasteiger partial charge in [-0.15, -0.1) is 11.3 Å². The van der Waals surface area contributed by atoms with Crippen molar-refractivity contribution < 1.29 is 13.9 Å². The first-order valence-corrected chi connectivity index (χ1v) is 10.6. The summed E-state index contributed by atoms with van der Waals surface area (Å²) in [5.41, 5.74) is 2.64. The molecule has 30 heavy (non-hydrogen) atoms. The minimum absolute atomic E-state index is 0.138. The molecule has 0 bridgehead atoms. The van der Waals surface area contributed by atoms with Crippen LogP contribution in [0.3, 0.4) is 0 Å². The van der Waals surface area contributed by atoms with Gasteiger partial charge in [0, 0.05) is 16.5 Å². The molecule has 0 fully saturated rings. The predicted octanol–water partition coefficient (Wildman–Crippen LogP) is 5.11. The molecular formula is C23H21FN2O3S. The zero-order chi connectivity index (χ0) is 21.1. The van der Waals surface area contributed by atoms with Crippen LogP contribution in [0.25, 0.3) is 21.3 Å². The Morgan fingerprint density at radius 3 is 2.60 bits per heavy atom. The summed E-state index contributed by atoms with van der Waals surface area (Å²) in [7, 11) is 0. The molecule has 2 aromatic carbocycles. The number of benzene rings is 2. The third-order valence-electron chi connectivity index (χ3n) is 4.70. The van der Waals surface area contributed by atoms with Gasteiger partial charge in [0.25, 0.3) is 5.56 Å². The van der Waals surface area contributed by atoms with Crippen LogP contribution in [0.1, 0.15) is 19.4 Å². The number of thiophene rings is 1. The lowest BCUT2D eigenvalue weighted by Crippen LogP contribution is -2.20. The van der Waals surface area contributed by atoms with Crippen molar-refractivity contribution >= 4 is 21.6 Å². The van der Waals surface area contributed by atoms with Gasteiger partial charge in [-0.2, -0.15) is 0 Å². The second kappa shape index (κ2) is 8.67. The van der Waals surface area contributed by atoms with Crippen molar-refractivity contribution in [1.29, 1.82) is 0 Å². The molecule has 0 atom stereocenters. The number of hydrogen-bond donors (Lipinski definition) is 0. The maximum absolute atomic E-state index is 14.0. The van der Waals surface area contributed by atoms with Crippen LogP contribution in [-0.2, 0) is 6.54 Å². The Hall–Kier alpha value is -3.19. The Morgan fingerprint density at radius 2 is 1.83 bits per heavy atom. The van der Waals surface area contributed by atoms with Gasteiger partial charge >= 0.3 is 0 Å². The van der Waals surface area contributed by atoms with Crippen LogP contribution in [-0.4, -0.2) is 22.8 Å². The fourth-order valence-corrected chi connectivity index (χ4v) is 4.26. The number of fused-ring (bicyclic) bond motifs is 1. The van der Waals surface area contributed by atoms with Gasteiger partial charge in [-0.1, -0.05) is 24.3 Å². The zero-order valence-corrected chi connectivity index (χ0v) is 17.5. The van der Waals surface area contributed by atoms with Crippen LogP contribution < -0.4 is 15.0 Å². The van der Waals surface area contributed by atoms with Crippen LogP contribution in [0.2, 0.25) is 0 Å². The molecule has 0 aliphatic rings. The molecule has 4 rings (SSSR count). The number of nitrogens with zero attached hydrogens (tertiary/aromatic N) is 2. The number of halogens is 1. The number of ether oxygens (including phenoxy) is 2. The van der Waals surface area contributed by atoms with Crippen LogP contribution >= 0.6 is 11.3 Å². The summed E-state index contributed by atoms with van der Waals surface area (Å²) in [5, 5.41) is 1.91. The highest BCUT2D eigenvalue weighted by molar-refractivity contribution is 7.17. The average molecular weight is 424 g/mol. The van der Waals surface area contributed by atoms with Crippen LogP contribution in [0.4, 0.5) is 4.39 Å². The molecule has 0 unspecified atom stereocenters. The largest absolute Gasteiger partial charge is 0.490 e. The molecule has 7 heteroatoms. The van der Waals surface area contributed by atoms with E-state index in [4.69, 9.17) is 9.47 Å². The second-order valence-electron chi connectivity index (χ2n) is 6.62. The quantitative estimate of drug-likeness (QED) is 0.414. The molecule has 2 heterocycles. The molecule has 0 spiro atoms. The maximum Gasteiger partial charge on any atom is 0.271 e. The average Bonchev–Trinajstić information content (AvgIpc) is 3.18. The highest BCUT2D eigenvalue weighted by Gasteiger charge is 2.15. The van der Waals surface area contributed by atoms with Crippen LogP contribution in [0, 0.1) is 5.82 Å². The van der Waals surface area contributed by atoms with E-state index in [-0.39, 0.29) is 17.9 Å². The van der Waals surface area contributed by atoms with E-state index < -0.39 is 0 Å². The monoisotopic (exact) mass is 424 g/mol. The standard InChI is InChI=1S/C23H21FN2O3S/c1-3-28-19-10-9-15(11-20(19)29-4-2)17-13-30-22-21(17)25-14-26(23(22)27)12-16-7-5-6-8-18(16)24/h5-11,13-14H,3-4,12H2,1-2H3. The minimum atomic E-state index is -0.339. The Labute approximate surface area is 177 Å². The van der Waals surface area contributed by atoms with E-state index >= 15 is 0 Å². The van der Waals surface area contributed by atoms with Crippen LogP contribution in [0.5, 0.6) is 11.5 Å². The zero-order valence-electron chi connectivity index (χ0n) is 16.7. The molecule has 4 aromatic rings. The summed E-state index contributed by atoms with van der Waals surface area (Å²) in [6.45, 7) is 5.05. The van der Waals surface area contributed by atoms with E-state index in [2.05, 4.69) is 4.98 Å². The number of rotatable bonds is 7. The van der Waals surface area contributed by atoms with Crippen molar-refractivity contribution in [2.75, 3.05) is 13.2 Å². The van der Waals surface area contributed by atoms with Crippen molar-refractivity contribution in [1.82, 2.24) is 9.55 Å². The Bertz CT molecular complexity index is 1250. The van der Waals surface area contributed by atoms with Gasteiger partial charge in [-0.3, -0.25) is 9.36 Å². The first kappa shape index (κ1) is 20.1. The maximum atomic E-state index is 14.0. The minimum Gasteiger partial charge on any atom is -0.490 e. The molecule has 0 radical (unpaired) electrons. The summed E-state index contributed by atoms with van der Waals surface area (Å²) in [6, 6.07) is 12.1. The summed E-state index contributed by atoms with van der Waals surface area (Å²) in [5.74, 6) is 1.00. The first-order valence-electron chi connectivity index (χ1n) is 9.72. The lowest BCUT2D eigenvalue weighted by molar-refractivity contribution is 0.288. The lowest BCUT2D eigenvalue weighted by atomic mass is 10.1. The smallest absolute Gasteiger partial charge is 0.271 e. The Balaban J connectivity index is 1.74. The van der Waals surface area contributed by atoms with Gasteiger partial charge in [-0.05, 0) is 37.6 Å². The fourth-order valence-electron chi connectivity index (χ4n) is 3.29. The molecule has 0 aliphatic carbocycles. The van der Waals surface area contributed by atoms with Crippen molar-refractivity contribution in [2.45, 2.75) is 20.4 Å². The third kappa shape index (κ3) is 3.80. The van der Waals surface area contributed by atoms with Gasteiger partial charge in [0.2, 0.25) is 0 Å². The molecule has 154 valence electrons. The van der Waals surface area contributed by atoms with Crippen molar-refractivity contribution in [3.8, 4) is 22.6 Å². The van der Waals surface area contributed by atoms with E-state index in [0.29, 0.717) is 40.5 Å². The van der Waals surface area contributed by atoms with Crippen LogP contribution in [0.15, 0.2) is 59.0 Å². The summed E-state index contributed by atoms with van der Waals surface area (Å²) < 4.78 is 27.3.